The second-order valence-electron chi connectivity index (χ2n) is 8.32. The number of rotatable bonds is 8. The van der Waals surface area contributed by atoms with Crippen molar-refractivity contribution in [3.05, 3.63) is 23.3 Å². The molecule has 0 N–H and O–H groups in total. The number of fused-ring (bicyclic) bond motifs is 3. The van der Waals surface area contributed by atoms with E-state index in [1.54, 1.807) is 14.2 Å². The van der Waals surface area contributed by atoms with Crippen molar-refractivity contribution >= 4 is 0 Å². The van der Waals surface area contributed by atoms with Crippen molar-refractivity contribution < 1.29 is 18.6 Å². The quantitative estimate of drug-likeness (QED) is 0.631. The van der Waals surface area contributed by atoms with E-state index < -0.39 is 6.67 Å². The van der Waals surface area contributed by atoms with Crippen molar-refractivity contribution in [3.63, 3.8) is 0 Å². The maximum Gasteiger partial charge on any atom is 0.161 e. The van der Waals surface area contributed by atoms with Crippen molar-refractivity contribution in [1.29, 1.82) is 0 Å². The molecule has 152 valence electrons. The first-order chi connectivity index (χ1) is 13.1. The molecule has 3 rings (SSSR count). The molecular weight excluding hydrogens is 345 g/mol. The molecule has 0 saturated carbocycles. The first-order valence-corrected chi connectivity index (χ1v) is 10.2. The third-order valence-electron chi connectivity index (χ3n) is 6.10. The number of benzene rings is 1. The second kappa shape index (κ2) is 9.24. The van der Waals surface area contributed by atoms with Gasteiger partial charge in [0.1, 0.15) is 6.67 Å². The van der Waals surface area contributed by atoms with Crippen LogP contribution in [0.25, 0.3) is 0 Å². The van der Waals surface area contributed by atoms with Gasteiger partial charge in [-0.3, -0.25) is 4.90 Å². The summed E-state index contributed by atoms with van der Waals surface area (Å²) in [7, 11) is 3.38. The summed E-state index contributed by atoms with van der Waals surface area (Å²) >= 11 is 0. The summed E-state index contributed by atoms with van der Waals surface area (Å²) in [6.07, 6.45) is 3.31. The molecule has 27 heavy (non-hydrogen) atoms. The molecule has 0 spiro atoms. The molecule has 2 heterocycles. The molecule has 0 amide bonds. The molecule has 0 unspecified atom stereocenters. The van der Waals surface area contributed by atoms with Crippen molar-refractivity contribution in [1.82, 2.24) is 4.90 Å². The van der Waals surface area contributed by atoms with Crippen LogP contribution in [0.2, 0.25) is 0 Å². The van der Waals surface area contributed by atoms with E-state index in [1.165, 1.54) is 17.5 Å². The Kier molecular flexibility index (Phi) is 6.99. The highest BCUT2D eigenvalue weighted by Crippen LogP contribution is 2.45. The minimum atomic E-state index is -0.406. The molecule has 5 heteroatoms. The molecule has 0 aliphatic carbocycles. The zero-order valence-corrected chi connectivity index (χ0v) is 17.2. The largest absolute Gasteiger partial charge is 0.493 e. The van der Waals surface area contributed by atoms with Gasteiger partial charge >= 0.3 is 0 Å². The predicted molar refractivity (Wildman–Crippen MR) is 105 cm³/mol. The minimum Gasteiger partial charge on any atom is -0.493 e. The van der Waals surface area contributed by atoms with Gasteiger partial charge in [-0.1, -0.05) is 13.8 Å². The van der Waals surface area contributed by atoms with Crippen molar-refractivity contribution in [2.24, 2.45) is 17.8 Å². The lowest BCUT2D eigenvalue weighted by molar-refractivity contribution is -0.00755. The monoisotopic (exact) mass is 379 g/mol. The molecule has 2 aliphatic heterocycles. The Morgan fingerprint density at radius 3 is 2.56 bits per heavy atom. The lowest BCUT2D eigenvalue weighted by Crippen LogP contribution is -2.47. The lowest BCUT2D eigenvalue weighted by Gasteiger charge is -2.47. The third kappa shape index (κ3) is 4.57. The fraction of sp³-hybridized carbons (Fsp3) is 0.727. The van der Waals surface area contributed by atoms with Gasteiger partial charge in [-0.05, 0) is 60.3 Å². The number of methoxy groups -OCH3 is 2. The minimum absolute atomic E-state index is 0.209. The highest BCUT2D eigenvalue weighted by atomic mass is 19.1. The van der Waals surface area contributed by atoms with Crippen LogP contribution in [0.3, 0.4) is 0 Å². The zero-order valence-electron chi connectivity index (χ0n) is 17.2. The van der Waals surface area contributed by atoms with Crippen LogP contribution in [0.4, 0.5) is 4.39 Å². The maximum absolute atomic E-state index is 12.5. The molecule has 1 aromatic rings. The van der Waals surface area contributed by atoms with Crippen LogP contribution in [-0.2, 0) is 11.2 Å². The smallest absolute Gasteiger partial charge is 0.161 e. The molecule has 1 fully saturated rings. The lowest BCUT2D eigenvalue weighted by atomic mass is 9.74. The van der Waals surface area contributed by atoms with E-state index in [1.807, 2.05) is 0 Å². The molecule has 1 saturated heterocycles. The summed E-state index contributed by atoms with van der Waals surface area (Å²) in [6.45, 7) is 7.22. The summed E-state index contributed by atoms with van der Waals surface area (Å²) in [5, 5.41) is 0. The summed E-state index contributed by atoms with van der Waals surface area (Å²) < 4.78 is 29.2. The zero-order chi connectivity index (χ0) is 19.4. The Hall–Kier alpha value is -1.33. The number of ether oxygens (including phenoxy) is 3. The van der Waals surface area contributed by atoms with Gasteiger partial charge < -0.3 is 14.2 Å². The van der Waals surface area contributed by atoms with E-state index in [0.29, 0.717) is 30.4 Å². The molecule has 1 aromatic carbocycles. The number of nitrogens with zero attached hydrogens (tertiary/aromatic N) is 1. The van der Waals surface area contributed by atoms with E-state index in [0.717, 1.165) is 37.4 Å². The molecular formula is C22H34FNO3. The normalized spacial score (nSPS) is 25.2. The fourth-order valence-electron chi connectivity index (χ4n) is 4.87. The van der Waals surface area contributed by atoms with E-state index in [4.69, 9.17) is 14.2 Å². The van der Waals surface area contributed by atoms with Gasteiger partial charge in [0.05, 0.1) is 20.8 Å². The van der Waals surface area contributed by atoms with Crippen molar-refractivity contribution in [2.45, 2.75) is 39.2 Å². The Morgan fingerprint density at radius 2 is 1.89 bits per heavy atom. The van der Waals surface area contributed by atoms with Crippen molar-refractivity contribution in [2.75, 3.05) is 47.2 Å². The second-order valence-corrected chi connectivity index (χ2v) is 8.32. The summed E-state index contributed by atoms with van der Waals surface area (Å²) in [4.78, 5) is 2.63. The number of hydrogen-bond donors (Lipinski definition) is 0. The molecule has 4 nitrogen and oxygen atoms in total. The van der Waals surface area contributed by atoms with Gasteiger partial charge in [0, 0.05) is 25.7 Å². The molecule has 0 radical (unpaired) electrons. The Balaban J connectivity index is 1.84. The van der Waals surface area contributed by atoms with Gasteiger partial charge in [-0.15, -0.1) is 0 Å². The van der Waals surface area contributed by atoms with Crippen LogP contribution >= 0.6 is 0 Å². The number of piperidine rings is 1. The third-order valence-corrected chi connectivity index (χ3v) is 6.10. The van der Waals surface area contributed by atoms with Crippen molar-refractivity contribution in [3.8, 4) is 11.5 Å². The number of alkyl halides is 1. The van der Waals surface area contributed by atoms with Crippen LogP contribution < -0.4 is 9.47 Å². The van der Waals surface area contributed by atoms with Crippen LogP contribution in [0, 0.1) is 17.8 Å². The van der Waals surface area contributed by atoms with Gasteiger partial charge in [0.25, 0.3) is 0 Å². The Morgan fingerprint density at radius 1 is 1.15 bits per heavy atom. The highest BCUT2D eigenvalue weighted by molar-refractivity contribution is 5.49. The van der Waals surface area contributed by atoms with Gasteiger partial charge in [-0.25, -0.2) is 4.39 Å². The Bertz CT molecular complexity index is 622. The molecule has 0 bridgehead atoms. The maximum atomic E-state index is 12.5. The van der Waals surface area contributed by atoms with Crippen LogP contribution in [0.5, 0.6) is 11.5 Å². The van der Waals surface area contributed by atoms with E-state index >= 15 is 0 Å². The van der Waals surface area contributed by atoms with Crippen LogP contribution in [0.15, 0.2) is 12.1 Å². The van der Waals surface area contributed by atoms with Crippen LogP contribution in [0.1, 0.15) is 43.9 Å². The molecule has 3 atom stereocenters. The summed E-state index contributed by atoms with van der Waals surface area (Å²) in [5.41, 5.74) is 2.72. The van der Waals surface area contributed by atoms with E-state index in [9.17, 15) is 4.39 Å². The van der Waals surface area contributed by atoms with Gasteiger partial charge in [0.15, 0.2) is 11.5 Å². The predicted octanol–water partition coefficient (Wildman–Crippen LogP) is 4.27. The highest BCUT2D eigenvalue weighted by Gasteiger charge is 2.39. The van der Waals surface area contributed by atoms with Gasteiger partial charge in [-0.2, -0.15) is 0 Å². The Labute approximate surface area is 163 Å². The van der Waals surface area contributed by atoms with Gasteiger partial charge in [0.2, 0.25) is 0 Å². The average Bonchev–Trinajstić information content (AvgIpc) is 2.66. The first kappa shape index (κ1) is 20.4. The fourth-order valence-corrected chi connectivity index (χ4v) is 4.87. The molecule has 0 aromatic heterocycles. The topological polar surface area (TPSA) is 30.9 Å². The summed E-state index contributed by atoms with van der Waals surface area (Å²) in [5.74, 6) is 3.35. The SMILES string of the molecule is COc1cc2c(cc1OC)[C@H]1C[C@@H](COCCF)[C@H](CC(C)C)CN1CC2. The summed E-state index contributed by atoms with van der Waals surface area (Å²) in [6, 6.07) is 4.68. The molecule has 2 aliphatic rings. The van der Waals surface area contributed by atoms with E-state index in [2.05, 4.69) is 30.9 Å². The standard InChI is InChI=1S/C22H34FNO3/c1-15(2)9-17-13-24-7-5-16-11-21(25-3)22(26-4)12-19(16)20(24)10-18(17)14-27-8-6-23/h11-12,15,17-18,20H,5-10,13-14H2,1-4H3/t17-,18+,20-/m1/s1. The number of hydrogen-bond acceptors (Lipinski definition) is 4. The van der Waals surface area contributed by atoms with E-state index in [-0.39, 0.29) is 6.61 Å². The first-order valence-electron chi connectivity index (χ1n) is 10.2. The van der Waals surface area contributed by atoms with Crippen LogP contribution in [-0.4, -0.2) is 52.1 Å². The average molecular weight is 380 g/mol. The number of halogens is 1.